The molecule has 0 aliphatic heterocycles. The van der Waals surface area contributed by atoms with Crippen molar-refractivity contribution in [1.29, 1.82) is 0 Å². The minimum atomic E-state index is 0.700. The van der Waals surface area contributed by atoms with Crippen LogP contribution in [0, 0.1) is 0 Å². The van der Waals surface area contributed by atoms with Crippen LogP contribution in [-0.2, 0) is 0 Å². The van der Waals surface area contributed by atoms with E-state index >= 15 is 0 Å². The fourth-order valence-electron chi connectivity index (χ4n) is 9.11. The van der Waals surface area contributed by atoms with E-state index in [1.807, 2.05) is 12.1 Å². The summed E-state index contributed by atoms with van der Waals surface area (Å²) in [5, 5.41) is 7.21. The molecule has 60 heavy (non-hydrogen) atoms. The number of benzene rings is 9. The minimum Gasteiger partial charge on any atom is -0.309 e. The van der Waals surface area contributed by atoms with Crippen molar-refractivity contribution < 1.29 is 0 Å². The molecule has 0 spiro atoms. The number of fused-ring (bicyclic) bond motifs is 7. The van der Waals surface area contributed by atoms with Crippen LogP contribution in [0.2, 0.25) is 0 Å². The molecule has 4 heteroatoms. The van der Waals surface area contributed by atoms with Gasteiger partial charge in [-0.05, 0) is 71.1 Å². The first-order valence-corrected chi connectivity index (χ1v) is 20.4. The molecule has 9 aromatic carbocycles. The summed E-state index contributed by atoms with van der Waals surface area (Å²) in [6.45, 7) is 0. The molecule has 0 saturated heterocycles. The van der Waals surface area contributed by atoms with Gasteiger partial charge >= 0.3 is 0 Å². The Kier molecular flexibility index (Phi) is 7.82. The van der Waals surface area contributed by atoms with Gasteiger partial charge in [0.25, 0.3) is 0 Å². The smallest absolute Gasteiger partial charge is 0.160 e. The first kappa shape index (κ1) is 34.0. The number of rotatable bonds is 6. The number of aromatic nitrogens is 4. The third kappa shape index (κ3) is 5.53. The molecule has 280 valence electrons. The zero-order valence-corrected chi connectivity index (χ0v) is 32.6. The lowest BCUT2D eigenvalue weighted by molar-refractivity contribution is 1.17. The largest absolute Gasteiger partial charge is 0.309 e. The molecule has 0 fully saturated rings. The summed E-state index contributed by atoms with van der Waals surface area (Å²) in [6, 6.07) is 78.0. The summed E-state index contributed by atoms with van der Waals surface area (Å²) in [5.41, 5.74) is 14.2. The van der Waals surface area contributed by atoms with Crippen LogP contribution >= 0.6 is 0 Å². The molecule has 3 aromatic heterocycles. The van der Waals surface area contributed by atoms with Crippen molar-refractivity contribution >= 4 is 54.4 Å². The Morgan fingerprint density at radius 3 is 1.50 bits per heavy atom. The van der Waals surface area contributed by atoms with Crippen LogP contribution in [0.15, 0.2) is 218 Å². The second-order valence-corrected chi connectivity index (χ2v) is 15.4. The van der Waals surface area contributed by atoms with Crippen molar-refractivity contribution in [3.8, 4) is 56.4 Å². The molecule has 3 heterocycles. The monoisotopic (exact) mass is 764 g/mol. The highest BCUT2D eigenvalue weighted by atomic mass is 15.0. The maximum absolute atomic E-state index is 5.14. The highest BCUT2D eigenvalue weighted by Gasteiger charge is 2.20. The zero-order chi connectivity index (χ0) is 39.6. The highest BCUT2D eigenvalue weighted by Crippen LogP contribution is 2.41. The van der Waals surface area contributed by atoms with Crippen molar-refractivity contribution in [3.05, 3.63) is 218 Å². The third-order valence-electron chi connectivity index (χ3n) is 11.9. The topological polar surface area (TPSA) is 35.6 Å². The van der Waals surface area contributed by atoms with E-state index in [1.54, 1.807) is 0 Å². The second kappa shape index (κ2) is 13.8. The van der Waals surface area contributed by atoms with Gasteiger partial charge in [0.05, 0.1) is 39.1 Å². The van der Waals surface area contributed by atoms with Gasteiger partial charge in [0.2, 0.25) is 0 Å². The van der Waals surface area contributed by atoms with E-state index in [2.05, 4.69) is 215 Å². The molecule has 0 aliphatic rings. The summed E-state index contributed by atoms with van der Waals surface area (Å²) >= 11 is 0. The average molecular weight is 765 g/mol. The quantitative estimate of drug-likeness (QED) is 0.169. The molecule has 0 saturated carbocycles. The average Bonchev–Trinajstić information content (AvgIpc) is 3.83. The SMILES string of the molecule is c1ccc(-c2cccc(-n3c4ccccc4c4cc5c6ccccc6n(-c6cccc7cc(-c8nc(-c9ccccc9)cc(-c9ccccc9)n8)ccc67)c5cc43)c2)cc1. The predicted molar refractivity (Wildman–Crippen MR) is 250 cm³/mol. The molecule has 12 rings (SSSR count). The van der Waals surface area contributed by atoms with Crippen LogP contribution in [0.25, 0.3) is 111 Å². The van der Waals surface area contributed by atoms with Gasteiger partial charge in [-0.2, -0.15) is 0 Å². The van der Waals surface area contributed by atoms with Crippen molar-refractivity contribution in [2.45, 2.75) is 0 Å². The first-order chi connectivity index (χ1) is 29.7. The molecule has 0 amide bonds. The van der Waals surface area contributed by atoms with E-state index in [4.69, 9.17) is 9.97 Å². The minimum absolute atomic E-state index is 0.700. The van der Waals surface area contributed by atoms with Gasteiger partial charge in [-0.15, -0.1) is 0 Å². The van der Waals surface area contributed by atoms with E-state index in [1.165, 1.54) is 49.2 Å². The van der Waals surface area contributed by atoms with Crippen LogP contribution in [0.5, 0.6) is 0 Å². The molecule has 0 aliphatic carbocycles. The molecule has 0 bridgehead atoms. The van der Waals surface area contributed by atoms with Crippen LogP contribution in [0.3, 0.4) is 0 Å². The Morgan fingerprint density at radius 2 is 0.833 bits per heavy atom. The Hall–Kier alpha value is -8.08. The fraction of sp³-hybridized carbons (Fsp3) is 0. The number of para-hydroxylation sites is 2. The molecule has 0 N–H and O–H groups in total. The van der Waals surface area contributed by atoms with Gasteiger partial charge in [-0.3, -0.25) is 0 Å². The number of hydrogen-bond donors (Lipinski definition) is 0. The Bertz CT molecular complexity index is 3530. The van der Waals surface area contributed by atoms with Crippen molar-refractivity contribution in [2.24, 2.45) is 0 Å². The highest BCUT2D eigenvalue weighted by molar-refractivity contribution is 6.19. The first-order valence-electron chi connectivity index (χ1n) is 20.4. The zero-order valence-electron chi connectivity index (χ0n) is 32.6. The summed E-state index contributed by atoms with van der Waals surface area (Å²) in [7, 11) is 0. The normalized spacial score (nSPS) is 11.7. The Labute approximate surface area is 346 Å². The van der Waals surface area contributed by atoms with E-state index in [0.29, 0.717) is 5.82 Å². The van der Waals surface area contributed by atoms with Crippen LogP contribution in [0.1, 0.15) is 0 Å². The van der Waals surface area contributed by atoms with Gasteiger partial charge in [-0.1, -0.05) is 164 Å². The molecule has 0 atom stereocenters. The predicted octanol–water partition coefficient (Wildman–Crippen LogP) is 14.5. The van der Waals surface area contributed by atoms with E-state index < -0.39 is 0 Å². The van der Waals surface area contributed by atoms with Crippen molar-refractivity contribution in [1.82, 2.24) is 19.1 Å². The summed E-state index contributed by atoms with van der Waals surface area (Å²) in [6.07, 6.45) is 0. The molecule has 4 nitrogen and oxygen atoms in total. The van der Waals surface area contributed by atoms with Gasteiger partial charge in [0, 0.05) is 49.3 Å². The van der Waals surface area contributed by atoms with Gasteiger partial charge in [-0.25, -0.2) is 9.97 Å². The van der Waals surface area contributed by atoms with Gasteiger partial charge < -0.3 is 9.13 Å². The van der Waals surface area contributed by atoms with Crippen molar-refractivity contribution in [2.75, 3.05) is 0 Å². The van der Waals surface area contributed by atoms with E-state index in [0.717, 1.165) is 55.7 Å². The third-order valence-corrected chi connectivity index (χ3v) is 11.9. The fourth-order valence-corrected chi connectivity index (χ4v) is 9.11. The standard InChI is InChI=1S/C56H36N4/c1-4-16-37(17-5-1)40-22-14-24-43(33-40)59-52-27-12-10-25-45(52)47-34-48-46-26-11-13-28-53(46)60(55(48)36-54(47)59)51-29-15-23-41-32-42(30-31-44(41)51)56-57-49(38-18-6-2-7-19-38)35-50(58-56)39-20-8-3-9-21-39/h1-36H. The maximum atomic E-state index is 5.14. The van der Waals surface area contributed by atoms with E-state index in [-0.39, 0.29) is 0 Å². The molecule has 12 aromatic rings. The van der Waals surface area contributed by atoms with Crippen molar-refractivity contribution in [3.63, 3.8) is 0 Å². The molecule has 0 unspecified atom stereocenters. The molecular formula is C56H36N4. The van der Waals surface area contributed by atoms with Gasteiger partial charge in [0.1, 0.15) is 0 Å². The van der Waals surface area contributed by atoms with Crippen LogP contribution < -0.4 is 0 Å². The Balaban J connectivity index is 1.07. The van der Waals surface area contributed by atoms with E-state index in [9.17, 15) is 0 Å². The lowest BCUT2D eigenvalue weighted by Crippen LogP contribution is -1.98. The molecular weight excluding hydrogens is 729 g/mol. The van der Waals surface area contributed by atoms with Crippen LogP contribution in [-0.4, -0.2) is 19.1 Å². The number of nitrogens with zero attached hydrogens (tertiary/aromatic N) is 4. The second-order valence-electron chi connectivity index (χ2n) is 15.4. The summed E-state index contributed by atoms with van der Waals surface area (Å²) in [4.78, 5) is 10.3. The van der Waals surface area contributed by atoms with Crippen LogP contribution in [0.4, 0.5) is 0 Å². The summed E-state index contributed by atoms with van der Waals surface area (Å²) < 4.78 is 4.88. The lowest BCUT2D eigenvalue weighted by Gasteiger charge is -2.14. The maximum Gasteiger partial charge on any atom is 0.160 e. The number of hydrogen-bond acceptors (Lipinski definition) is 2. The summed E-state index contributed by atoms with van der Waals surface area (Å²) in [5.74, 6) is 0.700. The molecule has 0 radical (unpaired) electrons. The van der Waals surface area contributed by atoms with Gasteiger partial charge in [0.15, 0.2) is 5.82 Å². The Morgan fingerprint density at radius 1 is 0.283 bits per heavy atom. The lowest BCUT2D eigenvalue weighted by atomic mass is 10.0.